The first kappa shape index (κ1) is 12.7. The van der Waals surface area contributed by atoms with Crippen LogP contribution >= 0.6 is 11.3 Å². The Bertz CT molecular complexity index is 509. The highest BCUT2D eigenvalue weighted by Gasteiger charge is 2.10. The van der Waals surface area contributed by atoms with E-state index in [4.69, 9.17) is 0 Å². The van der Waals surface area contributed by atoms with Crippen LogP contribution in [0, 0.1) is 10.1 Å². The molecule has 0 bridgehead atoms. The van der Waals surface area contributed by atoms with E-state index < -0.39 is 0 Å². The van der Waals surface area contributed by atoms with Gasteiger partial charge in [0, 0.05) is 42.5 Å². The van der Waals surface area contributed by atoms with E-state index in [1.54, 1.807) is 24.7 Å². The lowest BCUT2D eigenvalue weighted by molar-refractivity contribution is -0.380. The third-order valence-electron chi connectivity index (χ3n) is 2.50. The molecule has 0 saturated heterocycles. The van der Waals surface area contributed by atoms with E-state index in [1.165, 1.54) is 11.3 Å². The van der Waals surface area contributed by atoms with Crippen molar-refractivity contribution in [3.8, 4) is 0 Å². The zero-order valence-corrected chi connectivity index (χ0v) is 10.8. The maximum atomic E-state index is 10.5. The fourth-order valence-electron chi connectivity index (χ4n) is 1.61. The summed E-state index contributed by atoms with van der Waals surface area (Å²) in [6.45, 7) is 3.55. The van der Waals surface area contributed by atoms with E-state index in [0.29, 0.717) is 6.54 Å². The molecule has 1 unspecified atom stereocenters. The highest BCUT2D eigenvalue weighted by Crippen LogP contribution is 2.23. The SMILES string of the molecule is CC(Cn1ccnc1)NCc1ccc([N+](=O)[O-])s1. The van der Waals surface area contributed by atoms with E-state index in [0.717, 1.165) is 11.4 Å². The van der Waals surface area contributed by atoms with Gasteiger partial charge in [0.25, 0.3) is 0 Å². The van der Waals surface area contributed by atoms with Crippen LogP contribution in [0.3, 0.4) is 0 Å². The molecule has 18 heavy (non-hydrogen) atoms. The molecule has 2 heterocycles. The highest BCUT2D eigenvalue weighted by molar-refractivity contribution is 7.15. The number of hydrogen-bond donors (Lipinski definition) is 1. The second-order valence-electron chi connectivity index (χ2n) is 4.04. The van der Waals surface area contributed by atoms with Crippen molar-refractivity contribution in [2.75, 3.05) is 0 Å². The average Bonchev–Trinajstić information content (AvgIpc) is 2.96. The van der Waals surface area contributed by atoms with Gasteiger partial charge in [-0.25, -0.2) is 4.98 Å². The molecule has 0 aliphatic rings. The van der Waals surface area contributed by atoms with Crippen LogP contribution in [0.1, 0.15) is 11.8 Å². The number of thiophene rings is 1. The Labute approximate surface area is 108 Å². The molecule has 2 aromatic rings. The first-order valence-corrected chi connectivity index (χ1v) is 6.39. The summed E-state index contributed by atoms with van der Waals surface area (Å²) < 4.78 is 1.99. The Kier molecular flexibility index (Phi) is 4.06. The van der Waals surface area contributed by atoms with Crippen LogP contribution in [-0.2, 0) is 13.1 Å². The van der Waals surface area contributed by atoms with Crippen molar-refractivity contribution in [2.45, 2.75) is 26.1 Å². The normalized spacial score (nSPS) is 12.5. The van der Waals surface area contributed by atoms with Crippen molar-refractivity contribution >= 4 is 16.3 Å². The lowest BCUT2D eigenvalue weighted by Gasteiger charge is -2.13. The van der Waals surface area contributed by atoms with Crippen LogP contribution in [0.5, 0.6) is 0 Å². The van der Waals surface area contributed by atoms with Crippen LogP contribution in [0.2, 0.25) is 0 Å². The van der Waals surface area contributed by atoms with Crippen molar-refractivity contribution in [3.05, 3.63) is 45.8 Å². The van der Waals surface area contributed by atoms with Crippen molar-refractivity contribution in [3.63, 3.8) is 0 Å². The van der Waals surface area contributed by atoms with Crippen LogP contribution in [0.15, 0.2) is 30.9 Å². The summed E-state index contributed by atoms with van der Waals surface area (Å²) in [5.41, 5.74) is 0. The third-order valence-corrected chi connectivity index (χ3v) is 3.53. The first-order valence-electron chi connectivity index (χ1n) is 5.57. The molecule has 0 amide bonds. The molecule has 0 aliphatic carbocycles. The Morgan fingerprint density at radius 1 is 1.61 bits per heavy atom. The molecule has 2 aromatic heterocycles. The third kappa shape index (κ3) is 3.38. The van der Waals surface area contributed by atoms with Gasteiger partial charge < -0.3 is 9.88 Å². The van der Waals surface area contributed by atoms with Gasteiger partial charge in [0.1, 0.15) is 0 Å². The molecule has 6 nitrogen and oxygen atoms in total. The van der Waals surface area contributed by atoms with E-state index in [2.05, 4.69) is 17.2 Å². The number of imidazole rings is 1. The van der Waals surface area contributed by atoms with Gasteiger partial charge >= 0.3 is 5.00 Å². The number of nitrogens with zero attached hydrogens (tertiary/aromatic N) is 3. The van der Waals surface area contributed by atoms with Gasteiger partial charge in [0.2, 0.25) is 0 Å². The monoisotopic (exact) mass is 266 g/mol. The fourth-order valence-corrected chi connectivity index (χ4v) is 2.38. The predicted molar refractivity (Wildman–Crippen MR) is 69.5 cm³/mol. The summed E-state index contributed by atoms with van der Waals surface area (Å²) in [6.07, 6.45) is 5.43. The maximum Gasteiger partial charge on any atom is 0.324 e. The number of nitro groups is 1. The first-order chi connectivity index (χ1) is 8.65. The smallest absolute Gasteiger partial charge is 0.324 e. The zero-order valence-electron chi connectivity index (χ0n) is 9.94. The molecule has 1 N–H and O–H groups in total. The van der Waals surface area contributed by atoms with Crippen molar-refractivity contribution in [2.24, 2.45) is 0 Å². The van der Waals surface area contributed by atoms with Gasteiger partial charge in [-0.2, -0.15) is 0 Å². The molecule has 0 aromatic carbocycles. The lowest BCUT2D eigenvalue weighted by atomic mass is 10.3. The largest absolute Gasteiger partial charge is 0.336 e. The van der Waals surface area contributed by atoms with Gasteiger partial charge in [-0.1, -0.05) is 11.3 Å². The Hall–Kier alpha value is -1.73. The molecule has 0 spiro atoms. The predicted octanol–water partition coefficient (Wildman–Crippen LogP) is 2.03. The molecule has 1 atom stereocenters. The fraction of sp³-hybridized carbons (Fsp3) is 0.364. The molecule has 0 aliphatic heterocycles. The molecule has 96 valence electrons. The van der Waals surface area contributed by atoms with Gasteiger partial charge in [-0.15, -0.1) is 0 Å². The lowest BCUT2D eigenvalue weighted by Crippen LogP contribution is -2.29. The van der Waals surface area contributed by atoms with E-state index >= 15 is 0 Å². The van der Waals surface area contributed by atoms with E-state index in [-0.39, 0.29) is 16.0 Å². The summed E-state index contributed by atoms with van der Waals surface area (Å²) in [5.74, 6) is 0. The van der Waals surface area contributed by atoms with Crippen molar-refractivity contribution in [1.82, 2.24) is 14.9 Å². The molecule has 2 rings (SSSR count). The number of nitrogens with one attached hydrogen (secondary N) is 1. The molecule has 7 heteroatoms. The van der Waals surface area contributed by atoms with Crippen LogP contribution < -0.4 is 5.32 Å². The minimum Gasteiger partial charge on any atom is -0.336 e. The second kappa shape index (κ2) is 5.74. The summed E-state index contributed by atoms with van der Waals surface area (Å²) in [6, 6.07) is 3.61. The molecule has 0 saturated carbocycles. The Morgan fingerprint density at radius 2 is 2.44 bits per heavy atom. The van der Waals surface area contributed by atoms with Gasteiger partial charge in [-0.3, -0.25) is 10.1 Å². The van der Waals surface area contributed by atoms with E-state index in [9.17, 15) is 10.1 Å². The topological polar surface area (TPSA) is 73.0 Å². The summed E-state index contributed by atoms with van der Waals surface area (Å²) in [4.78, 5) is 15.1. The zero-order chi connectivity index (χ0) is 13.0. The molecule has 0 radical (unpaired) electrons. The Balaban J connectivity index is 1.81. The van der Waals surface area contributed by atoms with Crippen LogP contribution in [0.25, 0.3) is 0 Å². The van der Waals surface area contributed by atoms with Crippen molar-refractivity contribution < 1.29 is 4.92 Å². The average molecular weight is 266 g/mol. The summed E-state index contributed by atoms with van der Waals surface area (Å²) >= 11 is 1.21. The van der Waals surface area contributed by atoms with Gasteiger partial charge in [-0.05, 0) is 13.0 Å². The van der Waals surface area contributed by atoms with Gasteiger partial charge in [0.05, 0.1) is 11.3 Å². The van der Waals surface area contributed by atoms with Gasteiger partial charge in [0.15, 0.2) is 0 Å². The minimum absolute atomic E-state index is 0.189. The Morgan fingerprint density at radius 3 is 3.06 bits per heavy atom. The summed E-state index contributed by atoms with van der Waals surface area (Å²) in [5, 5.41) is 14.1. The highest BCUT2D eigenvalue weighted by atomic mass is 32.1. The van der Waals surface area contributed by atoms with Crippen LogP contribution in [0.4, 0.5) is 5.00 Å². The molecule has 0 fully saturated rings. The number of rotatable bonds is 6. The van der Waals surface area contributed by atoms with E-state index in [1.807, 2.05) is 10.8 Å². The van der Waals surface area contributed by atoms with Crippen molar-refractivity contribution in [1.29, 1.82) is 0 Å². The number of aromatic nitrogens is 2. The van der Waals surface area contributed by atoms with Crippen LogP contribution in [-0.4, -0.2) is 20.5 Å². The minimum atomic E-state index is -0.358. The standard InChI is InChI=1S/C11H14N4O2S/c1-9(7-14-5-4-12-8-14)13-6-10-2-3-11(18-10)15(16)17/h2-5,8-9,13H,6-7H2,1H3. The molecular formula is C11H14N4O2S. The number of hydrogen-bond acceptors (Lipinski definition) is 5. The molecular weight excluding hydrogens is 252 g/mol. The second-order valence-corrected chi connectivity index (χ2v) is 5.19. The quantitative estimate of drug-likeness (QED) is 0.641. The summed E-state index contributed by atoms with van der Waals surface area (Å²) in [7, 11) is 0. The maximum absolute atomic E-state index is 10.5.